The Bertz CT molecular complexity index is 809. The predicted octanol–water partition coefficient (Wildman–Crippen LogP) is -0.133. The highest BCUT2D eigenvalue weighted by molar-refractivity contribution is 8.01. The van der Waals surface area contributed by atoms with Gasteiger partial charge < -0.3 is 35.2 Å². The molecular weight excluding hydrogens is 459 g/mol. The molecule has 32 heavy (non-hydrogen) atoms. The topological polar surface area (TPSA) is 146 Å². The molecule has 0 spiro atoms. The van der Waals surface area contributed by atoms with E-state index in [0.29, 0.717) is 4.90 Å². The van der Waals surface area contributed by atoms with Gasteiger partial charge in [0.05, 0.1) is 25.9 Å². The monoisotopic (exact) mass is 483 g/mol. The molecule has 13 heteroatoms. The van der Waals surface area contributed by atoms with Crippen molar-refractivity contribution in [2.24, 2.45) is 0 Å². The van der Waals surface area contributed by atoms with Gasteiger partial charge in [-0.2, -0.15) is 13.2 Å². The number of rotatable bonds is 7. The number of esters is 1. The van der Waals surface area contributed by atoms with Gasteiger partial charge in [0.1, 0.15) is 18.3 Å². The van der Waals surface area contributed by atoms with Crippen molar-refractivity contribution >= 4 is 23.6 Å². The van der Waals surface area contributed by atoms with Crippen LogP contribution in [-0.2, 0) is 19.1 Å². The van der Waals surface area contributed by atoms with Gasteiger partial charge in [-0.25, -0.2) is 4.79 Å². The lowest BCUT2D eigenvalue weighted by molar-refractivity contribution is -0.211. The summed E-state index contributed by atoms with van der Waals surface area (Å²) in [7, 11) is 1.03. The number of aryl methyl sites for hydroxylation is 1. The minimum atomic E-state index is -5.31. The zero-order valence-corrected chi connectivity index (χ0v) is 17.9. The van der Waals surface area contributed by atoms with Crippen LogP contribution in [0.25, 0.3) is 0 Å². The molecule has 9 nitrogen and oxygen atoms in total. The Kier molecular flexibility index (Phi) is 8.53. The Morgan fingerprint density at radius 1 is 1.31 bits per heavy atom. The van der Waals surface area contributed by atoms with Crippen LogP contribution in [0.1, 0.15) is 12.0 Å². The lowest BCUT2D eigenvalue weighted by Gasteiger charge is -2.47. The molecule has 1 saturated heterocycles. The van der Waals surface area contributed by atoms with Crippen molar-refractivity contribution in [2.45, 2.75) is 59.8 Å². The van der Waals surface area contributed by atoms with E-state index in [4.69, 9.17) is 14.6 Å². The number of aliphatic hydroxyl groups excluding tert-OH is 4. The summed E-state index contributed by atoms with van der Waals surface area (Å²) in [5.41, 5.74) is 0.903. The first-order valence-electron chi connectivity index (χ1n) is 9.39. The molecule has 1 aromatic rings. The van der Waals surface area contributed by atoms with Crippen molar-refractivity contribution in [2.75, 3.05) is 13.7 Å². The number of nitrogens with one attached hydrogen (secondary N) is 1. The molecule has 180 valence electrons. The molecular formula is C19H24F3NO8S. The third-order valence-electron chi connectivity index (χ3n) is 4.85. The first-order valence-corrected chi connectivity index (χ1v) is 10.2. The third-order valence-corrected chi connectivity index (χ3v) is 6.11. The molecule has 1 aliphatic heterocycles. The molecule has 1 fully saturated rings. The fourth-order valence-electron chi connectivity index (χ4n) is 3.17. The van der Waals surface area contributed by atoms with Crippen molar-refractivity contribution < 1.29 is 52.7 Å². The highest BCUT2D eigenvalue weighted by Gasteiger charge is 2.57. The molecule has 0 aliphatic carbocycles. The number of halogens is 3. The summed E-state index contributed by atoms with van der Waals surface area (Å²) in [6, 6.07) is 4.84. The largest absolute Gasteiger partial charge is 0.471 e. The maximum absolute atomic E-state index is 12.8. The molecule has 1 aliphatic rings. The second kappa shape index (κ2) is 10.4. The number of hydrogen-bond acceptors (Lipinski definition) is 9. The summed E-state index contributed by atoms with van der Waals surface area (Å²) in [5.74, 6) is -3.43. The summed E-state index contributed by atoms with van der Waals surface area (Å²) in [5, 5.41) is 41.5. The molecule has 0 radical (unpaired) electrons. The van der Waals surface area contributed by atoms with Crippen LogP contribution in [0, 0.1) is 6.92 Å². The van der Waals surface area contributed by atoms with Crippen molar-refractivity contribution in [1.29, 1.82) is 0 Å². The van der Waals surface area contributed by atoms with Crippen LogP contribution in [0.4, 0.5) is 13.2 Å². The molecule has 1 aromatic carbocycles. The van der Waals surface area contributed by atoms with Crippen LogP contribution in [0.5, 0.6) is 0 Å². The van der Waals surface area contributed by atoms with Gasteiger partial charge in [-0.15, -0.1) is 0 Å². The standard InChI is InChI=1S/C19H24F3NO8S/c1-9-3-5-10(6-4-9)32-18(17(29)30-2)7-11(25)13(23-16(28)19(20,21)22)15(31-18)14(27)12(26)8-24/h3-6,11-15,24-27H,7-8H2,1-2H3,(H,23,28)/t11-,12+,13+,14+,15+,18-/m0/s1. The Labute approximate surface area is 185 Å². The van der Waals surface area contributed by atoms with E-state index in [9.17, 15) is 38.1 Å². The average Bonchev–Trinajstić information content (AvgIpc) is 2.74. The quantitative estimate of drug-likeness (QED) is 0.335. The smallest absolute Gasteiger partial charge is 0.466 e. The van der Waals surface area contributed by atoms with Gasteiger partial charge >= 0.3 is 18.1 Å². The van der Waals surface area contributed by atoms with Crippen molar-refractivity contribution in [3.63, 3.8) is 0 Å². The van der Waals surface area contributed by atoms with Crippen molar-refractivity contribution in [1.82, 2.24) is 5.32 Å². The molecule has 6 atom stereocenters. The number of thioether (sulfide) groups is 1. The number of methoxy groups -OCH3 is 1. The number of carbonyl (C=O) groups is 2. The Morgan fingerprint density at radius 2 is 1.91 bits per heavy atom. The second-order valence-electron chi connectivity index (χ2n) is 7.25. The Balaban J connectivity index is 2.46. The number of benzene rings is 1. The first-order chi connectivity index (χ1) is 14.8. The average molecular weight is 483 g/mol. The molecule has 0 bridgehead atoms. The lowest BCUT2D eigenvalue weighted by atomic mass is 9.89. The third kappa shape index (κ3) is 5.91. The fraction of sp³-hybridized carbons (Fsp3) is 0.579. The highest BCUT2D eigenvalue weighted by atomic mass is 32.2. The molecule has 2 rings (SSSR count). The predicted molar refractivity (Wildman–Crippen MR) is 104 cm³/mol. The molecule has 5 N–H and O–H groups in total. The minimum Gasteiger partial charge on any atom is -0.466 e. The highest BCUT2D eigenvalue weighted by Crippen LogP contribution is 2.44. The normalized spacial score (nSPS) is 28.0. The van der Waals surface area contributed by atoms with Crippen LogP contribution in [0.3, 0.4) is 0 Å². The van der Waals surface area contributed by atoms with Crippen LogP contribution in [0.2, 0.25) is 0 Å². The maximum atomic E-state index is 12.8. The van der Waals surface area contributed by atoms with Crippen molar-refractivity contribution in [3.8, 4) is 0 Å². The van der Waals surface area contributed by atoms with E-state index in [1.807, 2.05) is 6.92 Å². The van der Waals surface area contributed by atoms with Crippen molar-refractivity contribution in [3.05, 3.63) is 29.8 Å². The Morgan fingerprint density at radius 3 is 2.41 bits per heavy atom. The van der Waals surface area contributed by atoms with Gasteiger partial charge in [0.25, 0.3) is 0 Å². The van der Waals surface area contributed by atoms with E-state index >= 15 is 0 Å². The van der Waals surface area contributed by atoms with E-state index in [1.54, 1.807) is 24.3 Å². The summed E-state index contributed by atoms with van der Waals surface area (Å²) in [6.45, 7) is 0.815. The zero-order chi connectivity index (χ0) is 24.3. The molecule has 1 amide bonds. The summed E-state index contributed by atoms with van der Waals surface area (Å²) >= 11 is 0.777. The van der Waals surface area contributed by atoms with E-state index in [0.717, 1.165) is 24.4 Å². The van der Waals surface area contributed by atoms with Crippen LogP contribution in [0.15, 0.2) is 29.2 Å². The Hall–Kier alpha value is -1.90. The first kappa shape index (κ1) is 26.4. The number of ether oxygens (including phenoxy) is 2. The van der Waals surface area contributed by atoms with Gasteiger partial charge in [-0.3, -0.25) is 4.79 Å². The summed E-state index contributed by atoms with van der Waals surface area (Å²) in [6.07, 6.45) is -13.6. The molecule has 1 heterocycles. The van der Waals surface area contributed by atoms with Crippen LogP contribution >= 0.6 is 11.8 Å². The van der Waals surface area contributed by atoms with Gasteiger partial charge in [-0.1, -0.05) is 29.5 Å². The zero-order valence-electron chi connectivity index (χ0n) is 17.1. The van der Waals surface area contributed by atoms with Gasteiger partial charge in [-0.05, 0) is 19.1 Å². The van der Waals surface area contributed by atoms with Gasteiger partial charge in [0, 0.05) is 11.3 Å². The maximum Gasteiger partial charge on any atom is 0.471 e. The van der Waals surface area contributed by atoms with Gasteiger partial charge in [0.2, 0.25) is 4.93 Å². The summed E-state index contributed by atoms with van der Waals surface area (Å²) in [4.78, 5) is 22.6. The number of alkyl halides is 3. The second-order valence-corrected chi connectivity index (χ2v) is 8.59. The minimum absolute atomic E-state index is 0.474. The summed E-state index contributed by atoms with van der Waals surface area (Å²) < 4.78 is 48.8. The number of amides is 1. The van der Waals surface area contributed by atoms with Crippen LogP contribution in [-0.4, -0.2) is 87.6 Å². The molecule has 0 aromatic heterocycles. The van der Waals surface area contributed by atoms with E-state index < -0.39 is 66.5 Å². The fourth-order valence-corrected chi connectivity index (χ4v) is 4.41. The number of hydrogen-bond donors (Lipinski definition) is 5. The van der Waals surface area contributed by atoms with Gasteiger partial charge in [0.15, 0.2) is 0 Å². The molecule has 0 unspecified atom stereocenters. The van der Waals surface area contributed by atoms with E-state index in [-0.39, 0.29) is 0 Å². The number of carbonyl (C=O) groups excluding carboxylic acids is 2. The van der Waals surface area contributed by atoms with E-state index in [1.165, 1.54) is 5.32 Å². The van der Waals surface area contributed by atoms with Crippen LogP contribution < -0.4 is 5.32 Å². The lowest BCUT2D eigenvalue weighted by Crippen LogP contribution is -2.67. The molecule has 0 saturated carbocycles. The van der Waals surface area contributed by atoms with E-state index in [2.05, 4.69) is 0 Å². The number of aliphatic hydroxyl groups is 4. The SMILES string of the molecule is COC(=O)[C@@]1(Sc2ccc(C)cc2)C[C@H](O)[C@@H](NC(=O)C(F)(F)F)[C@H]([C@H](O)[C@H](O)CO)O1.